The topological polar surface area (TPSA) is 330 Å². The second kappa shape index (κ2) is 17.1. The molecule has 0 saturated carbocycles. The molecule has 8 bridgehead atoms. The fraction of sp³-hybridized carbons (Fsp3) is 0.308. The predicted molar refractivity (Wildman–Crippen MR) is 190 cm³/mol. The fourth-order valence-corrected chi connectivity index (χ4v) is 7.11. The number of carboxylic acid groups (broad SMARTS) is 7. The van der Waals surface area contributed by atoms with E-state index in [9.17, 15) is 69.3 Å². The first-order chi connectivity index (χ1) is 26.9. The summed E-state index contributed by atoms with van der Waals surface area (Å²) in [5.41, 5.74) is 2.78. The molecule has 0 spiro atoms. The average Bonchev–Trinajstić information content (AvgIpc) is 3.77. The minimum absolute atomic E-state index is 0.0446. The highest BCUT2D eigenvalue weighted by Gasteiger charge is 2.26. The number of H-pyrrole nitrogens is 2. The molecule has 3 aromatic rings. The average molecular weight is 783 g/mol. The Morgan fingerprint density at radius 3 is 1.32 bits per heavy atom. The van der Waals surface area contributed by atoms with E-state index in [0.717, 1.165) is 0 Å². The molecule has 2 aliphatic rings. The zero-order valence-corrected chi connectivity index (χ0v) is 30.3. The summed E-state index contributed by atoms with van der Waals surface area (Å²) in [6.07, 6.45) is -4.88. The van der Waals surface area contributed by atoms with Crippen LogP contribution in [0, 0.1) is 0 Å². The minimum Gasteiger partial charge on any atom is -0.550 e. The zero-order valence-electron chi connectivity index (χ0n) is 30.3. The van der Waals surface area contributed by atoms with E-state index >= 15 is 0 Å². The number of nitrogens with one attached hydrogen (secondary N) is 2. The Balaban J connectivity index is 2.05. The first kappa shape index (κ1) is 41.1. The lowest BCUT2D eigenvalue weighted by atomic mass is 9.96. The van der Waals surface area contributed by atoms with Gasteiger partial charge in [-0.15, -0.1) is 0 Å². The van der Waals surface area contributed by atoms with Gasteiger partial charge in [0.2, 0.25) is 0 Å². The van der Waals surface area contributed by atoms with Gasteiger partial charge in [0.15, 0.2) is 0 Å². The van der Waals surface area contributed by atoms with Crippen LogP contribution in [0.25, 0.3) is 44.4 Å². The number of hydrogen-bond donors (Lipinski definition) is 5. The number of carbonyl (C=O) groups is 7. The molecule has 5 rings (SSSR count). The number of aliphatic carboxylic acids is 7. The highest BCUT2D eigenvalue weighted by Crippen LogP contribution is 2.39. The quantitative estimate of drug-likeness (QED) is 0.107. The fourth-order valence-electron chi connectivity index (χ4n) is 7.11. The van der Waals surface area contributed by atoms with Crippen molar-refractivity contribution >= 4 is 86.1 Å². The van der Waals surface area contributed by atoms with Gasteiger partial charge in [0.25, 0.3) is 0 Å². The van der Waals surface area contributed by atoms with E-state index in [1.807, 2.05) is 0 Å². The Labute approximate surface area is 321 Å². The second-order valence-corrected chi connectivity index (χ2v) is 13.4. The van der Waals surface area contributed by atoms with Crippen molar-refractivity contribution in [1.82, 2.24) is 19.9 Å². The van der Waals surface area contributed by atoms with Crippen molar-refractivity contribution in [1.29, 1.82) is 0 Å². The van der Waals surface area contributed by atoms with Gasteiger partial charge in [-0.25, -0.2) is 9.97 Å². The van der Waals surface area contributed by atoms with Crippen molar-refractivity contribution in [3.8, 4) is 0 Å². The smallest absolute Gasteiger partial charge is 0.307 e. The van der Waals surface area contributed by atoms with Gasteiger partial charge >= 0.3 is 17.9 Å². The third-order valence-corrected chi connectivity index (χ3v) is 9.60. The zero-order chi connectivity index (χ0) is 41.7. The van der Waals surface area contributed by atoms with Crippen LogP contribution in [0.15, 0.2) is 24.3 Å². The van der Waals surface area contributed by atoms with E-state index in [1.165, 1.54) is 24.3 Å². The molecular formula is C39H34N4O14-4. The summed E-state index contributed by atoms with van der Waals surface area (Å²) in [6, 6.07) is 5.69. The Kier molecular flexibility index (Phi) is 12.3. The first-order valence-corrected chi connectivity index (χ1v) is 17.6. The summed E-state index contributed by atoms with van der Waals surface area (Å²) in [6.45, 7) is 1.63. The first-order valence-electron chi connectivity index (χ1n) is 17.6. The number of allylic oxidation sites excluding steroid dienone is 3. The van der Waals surface area contributed by atoms with E-state index in [4.69, 9.17) is 4.98 Å². The number of fused-ring (bicyclic) bond motifs is 8. The number of aromatic nitrogens is 4. The highest BCUT2D eigenvalue weighted by molar-refractivity contribution is 6.01. The molecule has 18 nitrogen and oxygen atoms in total. The Bertz CT molecular complexity index is 2470. The number of carboxylic acids is 7. The third kappa shape index (κ3) is 9.77. The van der Waals surface area contributed by atoms with Gasteiger partial charge in [0.1, 0.15) is 0 Å². The number of carbonyl (C=O) groups excluding carboxylic acids is 4. The van der Waals surface area contributed by atoms with E-state index in [-0.39, 0.29) is 104 Å². The molecule has 57 heavy (non-hydrogen) atoms. The van der Waals surface area contributed by atoms with Gasteiger partial charge in [-0.2, -0.15) is 0 Å². The van der Waals surface area contributed by atoms with Gasteiger partial charge < -0.3 is 64.9 Å². The predicted octanol–water partition coefficient (Wildman–Crippen LogP) is -0.690. The molecule has 3 aromatic heterocycles. The van der Waals surface area contributed by atoms with Crippen LogP contribution in [0.2, 0.25) is 0 Å². The molecule has 0 unspecified atom stereocenters. The van der Waals surface area contributed by atoms with Crippen molar-refractivity contribution in [3.05, 3.63) is 69.3 Å². The Hall–Kier alpha value is -7.11. The lowest BCUT2D eigenvalue weighted by Crippen LogP contribution is -2.22. The molecule has 0 radical (unpaired) electrons. The maximum absolute atomic E-state index is 12.2. The van der Waals surface area contributed by atoms with E-state index in [0.29, 0.717) is 11.1 Å². The number of nitrogens with zero attached hydrogens (tertiary/aromatic N) is 2. The van der Waals surface area contributed by atoms with Crippen molar-refractivity contribution in [2.24, 2.45) is 0 Å². The monoisotopic (exact) mass is 782 g/mol. The largest absolute Gasteiger partial charge is 0.550 e. The molecule has 5 heterocycles. The molecule has 0 atom stereocenters. The summed E-state index contributed by atoms with van der Waals surface area (Å²) in [5.74, 6) is -9.64. The van der Waals surface area contributed by atoms with E-state index in [2.05, 4.69) is 15.0 Å². The van der Waals surface area contributed by atoms with Gasteiger partial charge in [0, 0.05) is 45.9 Å². The van der Waals surface area contributed by atoms with Crippen LogP contribution in [0.3, 0.4) is 0 Å². The van der Waals surface area contributed by atoms with Crippen molar-refractivity contribution in [2.75, 3.05) is 0 Å². The van der Waals surface area contributed by atoms with Crippen molar-refractivity contribution in [2.45, 2.75) is 77.6 Å². The molecule has 5 N–H and O–H groups in total. The number of hydrogen-bond acceptors (Lipinski definition) is 13. The number of aryl methyl sites for hydroxylation is 2. The van der Waals surface area contributed by atoms with Crippen LogP contribution >= 0.6 is 0 Å². The molecule has 0 fully saturated rings. The summed E-state index contributed by atoms with van der Waals surface area (Å²) in [7, 11) is 0. The van der Waals surface area contributed by atoms with Crippen molar-refractivity contribution < 1.29 is 69.3 Å². The molecular weight excluding hydrogens is 748 g/mol. The molecule has 298 valence electrons. The molecule has 0 aliphatic carbocycles. The van der Waals surface area contributed by atoms with E-state index < -0.39 is 86.7 Å². The lowest BCUT2D eigenvalue weighted by molar-refractivity contribution is -0.307. The number of aromatic amines is 2. The van der Waals surface area contributed by atoms with Crippen LogP contribution in [-0.4, -0.2) is 77.0 Å². The summed E-state index contributed by atoms with van der Waals surface area (Å²) < 4.78 is 0. The number of rotatable bonds is 18. The van der Waals surface area contributed by atoms with Crippen LogP contribution in [-0.2, 0) is 59.2 Å². The van der Waals surface area contributed by atoms with Gasteiger partial charge in [-0.1, -0.05) is 0 Å². The van der Waals surface area contributed by atoms with Gasteiger partial charge in [0.05, 0.1) is 42.0 Å². The van der Waals surface area contributed by atoms with Gasteiger partial charge in [-0.05, 0) is 127 Å². The van der Waals surface area contributed by atoms with Crippen LogP contribution in [0.1, 0.15) is 96.9 Å². The molecule has 18 heteroatoms. The SMILES string of the molecule is CC1=C(CCC(=O)[O-])c2cc3[nH]c(cc4[nH]c(cc5nc(cc1n2)C(CC(=O)O)=C5CCC(=O)[O-])c(CC(=O)O)c4CCC(=O)[O-])c(CC(=O)O)c3CCC(=O)[O-]. The van der Waals surface area contributed by atoms with Gasteiger partial charge in [-0.3, -0.25) is 14.4 Å². The Morgan fingerprint density at radius 1 is 0.474 bits per heavy atom. The highest BCUT2D eigenvalue weighted by atomic mass is 16.4. The minimum atomic E-state index is -1.47. The Morgan fingerprint density at radius 2 is 0.842 bits per heavy atom. The summed E-state index contributed by atoms with van der Waals surface area (Å²) >= 11 is 0. The summed E-state index contributed by atoms with van der Waals surface area (Å²) in [4.78, 5) is 98.8. The maximum atomic E-state index is 12.2. The molecule has 0 amide bonds. The van der Waals surface area contributed by atoms with Crippen LogP contribution < -0.4 is 20.4 Å². The summed E-state index contributed by atoms with van der Waals surface area (Å²) in [5, 5.41) is 76.4. The normalized spacial score (nSPS) is 12.5. The third-order valence-electron chi connectivity index (χ3n) is 9.60. The maximum Gasteiger partial charge on any atom is 0.307 e. The molecule has 0 saturated heterocycles. The van der Waals surface area contributed by atoms with E-state index in [1.54, 1.807) is 6.92 Å². The van der Waals surface area contributed by atoms with Crippen LogP contribution in [0.5, 0.6) is 0 Å². The lowest BCUT2D eigenvalue weighted by Gasteiger charge is -2.08. The van der Waals surface area contributed by atoms with Crippen LogP contribution in [0.4, 0.5) is 0 Å². The molecule has 0 aromatic carbocycles. The second-order valence-electron chi connectivity index (χ2n) is 13.4. The van der Waals surface area contributed by atoms with Crippen molar-refractivity contribution in [3.63, 3.8) is 0 Å². The standard InChI is InChI=1S/C39H38N4O14/c1-17-18(2-6-33(44)45)26-14-27-20(4-8-35(48)49)23(11-38(54)55)31(42-27)16-29-21(5-9-36(50)51)24(12-39(56)57)32(43-29)15-28-19(3-7-34(46)47)22(10-37(52)53)30(41-28)13-25(17)40-26/h13-16,42-43H,2-12H2,1H3,(H,44,45)(H,46,47)(H,48,49)(H,50,51)(H,52,53)(H,54,55)(H,56,57)/p-4. The molecule has 2 aliphatic heterocycles.